The van der Waals surface area contributed by atoms with Gasteiger partial charge in [0, 0.05) is 5.38 Å². The Balaban J connectivity index is 4.62. The van der Waals surface area contributed by atoms with Crippen molar-refractivity contribution < 1.29 is 0 Å². The first-order valence-corrected chi connectivity index (χ1v) is 8.98. The van der Waals surface area contributed by atoms with Crippen LogP contribution in [0.3, 0.4) is 0 Å². The molecule has 0 radical (unpaired) electrons. The quantitative estimate of drug-likeness (QED) is 0.282. The van der Waals surface area contributed by atoms with E-state index in [1.54, 1.807) is 0 Å². The first-order chi connectivity index (χ1) is 8.90. The zero-order valence-corrected chi connectivity index (χ0v) is 15.0. The van der Waals surface area contributed by atoms with Crippen LogP contribution in [0.4, 0.5) is 0 Å². The van der Waals surface area contributed by atoms with E-state index >= 15 is 0 Å². The largest absolute Gasteiger partial charge is 0.123 e. The standard InChI is InChI=1S/C18H37Cl/c1-7-9-10-13-18(15(3)4,17(6)19)14-12-16(5)11-8-2/h15-17H,7-14H2,1-6H3. The summed E-state index contributed by atoms with van der Waals surface area (Å²) in [5, 5.41) is 0.290. The summed E-state index contributed by atoms with van der Waals surface area (Å²) in [6, 6.07) is 0. The molecular weight excluding hydrogens is 252 g/mol. The summed E-state index contributed by atoms with van der Waals surface area (Å²) >= 11 is 6.64. The van der Waals surface area contributed by atoms with E-state index in [1.165, 1.54) is 51.4 Å². The highest BCUT2D eigenvalue weighted by Gasteiger charge is 2.37. The van der Waals surface area contributed by atoms with Gasteiger partial charge in [0.15, 0.2) is 0 Å². The molecule has 0 aliphatic heterocycles. The van der Waals surface area contributed by atoms with Gasteiger partial charge in [-0.1, -0.05) is 73.1 Å². The maximum Gasteiger partial charge on any atom is 0.0366 e. The highest BCUT2D eigenvalue weighted by Crippen LogP contribution is 2.45. The maximum absolute atomic E-state index is 6.64. The van der Waals surface area contributed by atoms with Crippen LogP contribution in [-0.4, -0.2) is 5.38 Å². The van der Waals surface area contributed by atoms with Crippen LogP contribution in [0.5, 0.6) is 0 Å². The zero-order valence-electron chi connectivity index (χ0n) is 14.3. The van der Waals surface area contributed by atoms with E-state index in [1.807, 2.05) is 0 Å². The molecule has 0 nitrogen and oxygen atoms in total. The highest BCUT2D eigenvalue weighted by molar-refractivity contribution is 6.20. The SMILES string of the molecule is CCCCCC(CCC(C)CCC)(C(C)C)C(C)Cl. The molecule has 0 rings (SSSR count). The van der Waals surface area contributed by atoms with Crippen LogP contribution in [-0.2, 0) is 0 Å². The fourth-order valence-corrected chi connectivity index (χ4v) is 3.89. The molecule has 0 N–H and O–H groups in total. The smallest absolute Gasteiger partial charge is 0.0366 e. The van der Waals surface area contributed by atoms with Gasteiger partial charge in [-0.3, -0.25) is 0 Å². The van der Waals surface area contributed by atoms with Crippen molar-refractivity contribution in [2.45, 2.75) is 98.3 Å². The van der Waals surface area contributed by atoms with Gasteiger partial charge in [0.2, 0.25) is 0 Å². The monoisotopic (exact) mass is 288 g/mol. The summed E-state index contributed by atoms with van der Waals surface area (Å²) in [5.41, 5.74) is 0.346. The summed E-state index contributed by atoms with van der Waals surface area (Å²) in [6.45, 7) is 13.9. The van der Waals surface area contributed by atoms with E-state index in [4.69, 9.17) is 11.6 Å². The van der Waals surface area contributed by atoms with Crippen LogP contribution >= 0.6 is 11.6 Å². The molecule has 0 amide bonds. The molecule has 3 unspecified atom stereocenters. The van der Waals surface area contributed by atoms with Crippen molar-refractivity contribution in [2.75, 3.05) is 0 Å². The Kier molecular flexibility index (Phi) is 10.2. The third-order valence-corrected chi connectivity index (χ3v) is 5.51. The van der Waals surface area contributed by atoms with Crippen LogP contribution in [0.2, 0.25) is 0 Å². The maximum atomic E-state index is 6.64. The lowest BCUT2D eigenvalue weighted by molar-refractivity contribution is 0.133. The third-order valence-electron chi connectivity index (χ3n) is 5.07. The Morgan fingerprint density at radius 2 is 1.47 bits per heavy atom. The van der Waals surface area contributed by atoms with Gasteiger partial charge in [0.1, 0.15) is 0 Å². The number of alkyl halides is 1. The van der Waals surface area contributed by atoms with E-state index in [9.17, 15) is 0 Å². The molecule has 0 saturated carbocycles. The minimum Gasteiger partial charge on any atom is -0.123 e. The van der Waals surface area contributed by atoms with E-state index < -0.39 is 0 Å². The number of hydrogen-bond acceptors (Lipinski definition) is 0. The molecule has 19 heavy (non-hydrogen) atoms. The highest BCUT2D eigenvalue weighted by atomic mass is 35.5. The average Bonchev–Trinajstić information content (AvgIpc) is 2.33. The first kappa shape index (κ1) is 19.3. The number of halogens is 1. The molecule has 0 aromatic carbocycles. The summed E-state index contributed by atoms with van der Waals surface area (Å²) in [4.78, 5) is 0. The predicted octanol–water partition coefficient (Wildman–Crippen LogP) is 7.05. The molecule has 3 atom stereocenters. The van der Waals surface area contributed by atoms with Gasteiger partial charge in [-0.2, -0.15) is 0 Å². The molecule has 0 fully saturated rings. The van der Waals surface area contributed by atoms with Gasteiger partial charge in [-0.05, 0) is 37.0 Å². The van der Waals surface area contributed by atoms with Crippen molar-refractivity contribution in [1.82, 2.24) is 0 Å². The molecular formula is C18H37Cl. The Labute approximate surface area is 127 Å². The van der Waals surface area contributed by atoms with E-state index in [0.717, 1.165) is 5.92 Å². The van der Waals surface area contributed by atoms with E-state index in [2.05, 4.69) is 41.5 Å². The van der Waals surface area contributed by atoms with Crippen LogP contribution in [0.1, 0.15) is 92.9 Å². The predicted molar refractivity (Wildman–Crippen MR) is 90.0 cm³/mol. The fourth-order valence-electron chi connectivity index (χ4n) is 3.42. The second kappa shape index (κ2) is 10.1. The lowest BCUT2D eigenvalue weighted by atomic mass is 9.67. The van der Waals surface area contributed by atoms with Crippen molar-refractivity contribution in [1.29, 1.82) is 0 Å². The van der Waals surface area contributed by atoms with Gasteiger partial charge in [-0.15, -0.1) is 11.6 Å². The van der Waals surface area contributed by atoms with E-state index in [-0.39, 0.29) is 5.38 Å². The minimum absolute atomic E-state index is 0.290. The lowest BCUT2D eigenvalue weighted by Gasteiger charge is -2.41. The molecule has 0 aromatic rings. The molecule has 0 aliphatic carbocycles. The summed E-state index contributed by atoms with van der Waals surface area (Å²) in [7, 11) is 0. The third kappa shape index (κ3) is 6.52. The Morgan fingerprint density at radius 1 is 0.842 bits per heavy atom. The van der Waals surface area contributed by atoms with Gasteiger partial charge in [0.05, 0.1) is 0 Å². The average molecular weight is 289 g/mol. The minimum atomic E-state index is 0.290. The van der Waals surface area contributed by atoms with Crippen molar-refractivity contribution >= 4 is 11.6 Å². The van der Waals surface area contributed by atoms with Gasteiger partial charge >= 0.3 is 0 Å². The number of unbranched alkanes of at least 4 members (excludes halogenated alkanes) is 2. The fraction of sp³-hybridized carbons (Fsp3) is 1.00. The summed E-state index contributed by atoms with van der Waals surface area (Å²) in [6.07, 6.45) is 10.6. The van der Waals surface area contributed by atoms with Crippen LogP contribution in [0.25, 0.3) is 0 Å². The first-order valence-electron chi connectivity index (χ1n) is 8.54. The zero-order chi connectivity index (χ0) is 14.9. The Hall–Kier alpha value is 0.290. The van der Waals surface area contributed by atoms with Crippen molar-refractivity contribution in [3.05, 3.63) is 0 Å². The topological polar surface area (TPSA) is 0 Å². The molecule has 1 heteroatoms. The molecule has 0 aromatic heterocycles. The molecule has 0 heterocycles. The van der Waals surface area contributed by atoms with Gasteiger partial charge < -0.3 is 0 Å². The van der Waals surface area contributed by atoms with Crippen molar-refractivity contribution in [3.8, 4) is 0 Å². The Morgan fingerprint density at radius 3 is 1.89 bits per heavy atom. The van der Waals surface area contributed by atoms with Crippen LogP contribution in [0, 0.1) is 17.3 Å². The molecule has 0 saturated heterocycles. The molecule has 0 spiro atoms. The Bertz CT molecular complexity index is 200. The van der Waals surface area contributed by atoms with Gasteiger partial charge in [0.25, 0.3) is 0 Å². The van der Waals surface area contributed by atoms with Crippen molar-refractivity contribution in [3.63, 3.8) is 0 Å². The van der Waals surface area contributed by atoms with Crippen molar-refractivity contribution in [2.24, 2.45) is 17.3 Å². The molecule has 0 bridgehead atoms. The number of hydrogen-bond donors (Lipinski definition) is 0. The van der Waals surface area contributed by atoms with Crippen LogP contribution < -0.4 is 0 Å². The summed E-state index contributed by atoms with van der Waals surface area (Å²) < 4.78 is 0. The molecule has 0 aliphatic rings. The summed E-state index contributed by atoms with van der Waals surface area (Å²) in [5.74, 6) is 1.54. The second-order valence-corrected chi connectivity index (χ2v) is 7.55. The number of rotatable bonds is 11. The normalized spacial score (nSPS) is 18.3. The molecule has 116 valence electrons. The van der Waals surface area contributed by atoms with Gasteiger partial charge in [-0.25, -0.2) is 0 Å². The second-order valence-electron chi connectivity index (χ2n) is 6.89. The van der Waals surface area contributed by atoms with E-state index in [0.29, 0.717) is 11.3 Å². The lowest BCUT2D eigenvalue weighted by Crippen LogP contribution is -2.36. The van der Waals surface area contributed by atoms with Crippen LogP contribution in [0.15, 0.2) is 0 Å².